The second kappa shape index (κ2) is 5.84. The van der Waals surface area contributed by atoms with Crippen molar-refractivity contribution in [3.63, 3.8) is 0 Å². The van der Waals surface area contributed by atoms with Gasteiger partial charge in [0.1, 0.15) is 10.6 Å². The second-order valence-corrected chi connectivity index (χ2v) is 6.28. The van der Waals surface area contributed by atoms with Crippen LogP contribution in [-0.4, -0.2) is 34.9 Å². The molecule has 0 unspecified atom stereocenters. The molecule has 0 spiro atoms. The minimum Gasteiger partial charge on any atom is -0.338 e. The number of rotatable bonds is 2. The minimum absolute atomic E-state index is 0.124. The lowest BCUT2D eigenvalue weighted by Gasteiger charge is -2.36. The first kappa shape index (κ1) is 14.9. The van der Waals surface area contributed by atoms with Crippen LogP contribution in [0.3, 0.4) is 0 Å². The van der Waals surface area contributed by atoms with Gasteiger partial charge in [-0.1, -0.05) is 11.6 Å². The van der Waals surface area contributed by atoms with Crippen molar-refractivity contribution in [1.82, 2.24) is 4.90 Å². The van der Waals surface area contributed by atoms with Gasteiger partial charge in [0.05, 0.1) is 11.6 Å². The number of halogens is 1. The highest BCUT2D eigenvalue weighted by atomic mass is 32.2. The summed E-state index contributed by atoms with van der Waals surface area (Å²) in [5.74, 6) is -0.763. The molecule has 0 bridgehead atoms. The molecule has 1 amide bonds. The number of aryl methyl sites for hydroxylation is 1. The quantitative estimate of drug-likeness (QED) is 0.841. The molecule has 1 aromatic carbocycles. The molecule has 2 rings (SSSR count). The largest absolute Gasteiger partial charge is 0.338 e. The Balaban J connectivity index is 2.13. The lowest BCUT2D eigenvalue weighted by Crippen LogP contribution is -2.44. The molecule has 1 fully saturated rings. The summed E-state index contributed by atoms with van der Waals surface area (Å²) in [5, 5.41) is 9.23. The first-order valence-corrected chi connectivity index (χ1v) is 7.76. The Bertz CT molecular complexity index is 559. The third kappa shape index (κ3) is 2.80. The maximum atomic E-state index is 13.8. The van der Waals surface area contributed by atoms with Gasteiger partial charge < -0.3 is 4.90 Å². The summed E-state index contributed by atoms with van der Waals surface area (Å²) in [5.41, 5.74) is 0.987. The van der Waals surface area contributed by atoms with E-state index in [1.54, 1.807) is 17.0 Å². The highest BCUT2D eigenvalue weighted by Gasteiger charge is 2.36. The Morgan fingerprint density at radius 1 is 1.45 bits per heavy atom. The summed E-state index contributed by atoms with van der Waals surface area (Å²) in [6.45, 7) is 2.84. The molecule has 1 aliphatic rings. The van der Waals surface area contributed by atoms with Crippen molar-refractivity contribution in [2.45, 2.75) is 24.5 Å². The zero-order valence-corrected chi connectivity index (χ0v) is 12.5. The average Bonchev–Trinajstić information content (AvgIpc) is 2.49. The van der Waals surface area contributed by atoms with E-state index in [2.05, 4.69) is 6.07 Å². The highest BCUT2D eigenvalue weighted by Crippen LogP contribution is 2.34. The fraction of sp³-hybridized carbons (Fsp3) is 0.467. The first-order valence-electron chi connectivity index (χ1n) is 6.53. The van der Waals surface area contributed by atoms with Crippen LogP contribution >= 0.6 is 11.8 Å². The van der Waals surface area contributed by atoms with Gasteiger partial charge in [-0.2, -0.15) is 5.26 Å². The van der Waals surface area contributed by atoms with Crippen LogP contribution in [0.1, 0.15) is 28.8 Å². The molecule has 1 saturated heterocycles. The van der Waals surface area contributed by atoms with Gasteiger partial charge >= 0.3 is 0 Å². The standard InChI is InChI=1S/C15H17FN2OS/c1-11-3-4-13(16)12(9-11)14(19)18-7-5-15(10-17,20-2)6-8-18/h3-4,9H,5-8H2,1-2H3. The number of piperidine rings is 1. The fourth-order valence-electron chi connectivity index (χ4n) is 2.41. The van der Waals surface area contributed by atoms with Crippen LogP contribution < -0.4 is 0 Å². The molecular formula is C15H17FN2OS. The molecule has 0 N–H and O–H groups in total. The van der Waals surface area contributed by atoms with Gasteiger partial charge in [0.15, 0.2) is 0 Å². The van der Waals surface area contributed by atoms with Crippen molar-refractivity contribution >= 4 is 17.7 Å². The Morgan fingerprint density at radius 2 is 2.10 bits per heavy atom. The van der Waals surface area contributed by atoms with Gasteiger partial charge in [-0.05, 0) is 38.2 Å². The predicted octanol–water partition coefficient (Wildman–Crippen LogP) is 3.00. The number of nitriles is 1. The number of hydrogen-bond acceptors (Lipinski definition) is 3. The maximum Gasteiger partial charge on any atom is 0.256 e. The predicted molar refractivity (Wildman–Crippen MR) is 78.1 cm³/mol. The van der Waals surface area contributed by atoms with Gasteiger partial charge in [-0.3, -0.25) is 4.79 Å². The summed E-state index contributed by atoms with van der Waals surface area (Å²) in [4.78, 5) is 14.0. The van der Waals surface area contributed by atoms with E-state index < -0.39 is 10.6 Å². The van der Waals surface area contributed by atoms with Crippen molar-refractivity contribution in [1.29, 1.82) is 5.26 Å². The number of likely N-dealkylation sites (tertiary alicyclic amines) is 1. The van der Waals surface area contributed by atoms with Gasteiger partial charge in [0.2, 0.25) is 0 Å². The summed E-state index contributed by atoms with van der Waals surface area (Å²) in [7, 11) is 0. The van der Waals surface area contributed by atoms with Gasteiger partial charge in [-0.25, -0.2) is 4.39 Å². The lowest BCUT2D eigenvalue weighted by molar-refractivity contribution is 0.0711. The van der Waals surface area contributed by atoms with Crippen molar-refractivity contribution in [3.05, 3.63) is 35.1 Å². The number of benzene rings is 1. The Hall–Kier alpha value is -1.54. The lowest BCUT2D eigenvalue weighted by atomic mass is 9.96. The average molecular weight is 292 g/mol. The van der Waals surface area contributed by atoms with Gasteiger partial charge in [0, 0.05) is 13.1 Å². The van der Waals surface area contributed by atoms with Crippen LogP contribution in [0.2, 0.25) is 0 Å². The summed E-state index contributed by atoms with van der Waals surface area (Å²) < 4.78 is 13.4. The molecule has 20 heavy (non-hydrogen) atoms. The molecule has 1 aliphatic heterocycles. The molecule has 0 atom stereocenters. The van der Waals surface area contributed by atoms with Gasteiger partial charge in [0.25, 0.3) is 5.91 Å². The molecule has 5 heteroatoms. The number of carbonyl (C=O) groups excluding carboxylic acids is 1. The fourth-order valence-corrected chi connectivity index (χ4v) is 3.09. The molecule has 0 saturated carbocycles. The number of nitrogens with zero attached hydrogens (tertiary/aromatic N) is 2. The molecule has 1 heterocycles. The van der Waals surface area contributed by atoms with Crippen molar-refractivity contribution < 1.29 is 9.18 Å². The number of hydrogen-bond donors (Lipinski definition) is 0. The van der Waals surface area contributed by atoms with E-state index >= 15 is 0 Å². The Labute approximate surface area is 122 Å². The normalized spacial score (nSPS) is 17.6. The van der Waals surface area contributed by atoms with Gasteiger partial charge in [-0.15, -0.1) is 11.8 Å². The van der Waals surface area contributed by atoms with Crippen LogP contribution in [0.5, 0.6) is 0 Å². The van der Waals surface area contributed by atoms with Crippen LogP contribution in [0.4, 0.5) is 4.39 Å². The maximum absolute atomic E-state index is 13.8. The monoisotopic (exact) mass is 292 g/mol. The zero-order chi connectivity index (χ0) is 14.8. The summed E-state index contributed by atoms with van der Waals surface area (Å²) in [6, 6.07) is 6.90. The van der Waals surface area contributed by atoms with Crippen LogP contribution in [0.25, 0.3) is 0 Å². The van der Waals surface area contributed by atoms with E-state index in [1.165, 1.54) is 17.8 Å². The highest BCUT2D eigenvalue weighted by molar-refractivity contribution is 8.00. The first-order chi connectivity index (χ1) is 9.51. The summed E-state index contributed by atoms with van der Waals surface area (Å²) >= 11 is 1.54. The van der Waals surface area contributed by atoms with E-state index in [9.17, 15) is 14.4 Å². The van der Waals surface area contributed by atoms with Crippen LogP contribution in [-0.2, 0) is 0 Å². The van der Waals surface area contributed by atoms with E-state index in [0.29, 0.717) is 25.9 Å². The van der Waals surface area contributed by atoms with E-state index in [4.69, 9.17) is 0 Å². The number of carbonyl (C=O) groups is 1. The third-order valence-electron chi connectivity index (χ3n) is 3.81. The zero-order valence-electron chi connectivity index (χ0n) is 11.6. The van der Waals surface area contributed by atoms with Crippen molar-refractivity contribution in [2.24, 2.45) is 0 Å². The third-order valence-corrected chi connectivity index (χ3v) is 5.09. The summed E-state index contributed by atoms with van der Waals surface area (Å²) in [6.07, 6.45) is 3.18. The second-order valence-electron chi connectivity index (χ2n) is 5.09. The molecule has 3 nitrogen and oxygen atoms in total. The molecule has 106 valence electrons. The van der Waals surface area contributed by atoms with E-state index in [1.807, 2.05) is 13.2 Å². The molecule has 1 aromatic rings. The minimum atomic E-state index is -0.484. The topological polar surface area (TPSA) is 44.1 Å². The van der Waals surface area contributed by atoms with E-state index in [0.717, 1.165) is 5.56 Å². The molecule has 0 aliphatic carbocycles. The van der Waals surface area contributed by atoms with Crippen LogP contribution in [0.15, 0.2) is 18.2 Å². The molecule has 0 radical (unpaired) electrons. The van der Waals surface area contributed by atoms with E-state index in [-0.39, 0.29) is 11.5 Å². The SMILES string of the molecule is CSC1(C#N)CCN(C(=O)c2cc(C)ccc2F)CC1. The molecular weight excluding hydrogens is 275 g/mol. The Morgan fingerprint density at radius 3 is 2.65 bits per heavy atom. The van der Waals surface area contributed by atoms with Crippen molar-refractivity contribution in [2.75, 3.05) is 19.3 Å². The Kier molecular flexibility index (Phi) is 4.34. The number of amides is 1. The number of thioether (sulfide) groups is 1. The smallest absolute Gasteiger partial charge is 0.256 e. The van der Waals surface area contributed by atoms with Crippen molar-refractivity contribution in [3.8, 4) is 6.07 Å². The molecule has 0 aromatic heterocycles. The van der Waals surface area contributed by atoms with Crippen LogP contribution in [0, 0.1) is 24.1 Å².